The van der Waals surface area contributed by atoms with Crippen molar-refractivity contribution in [3.8, 4) is 11.6 Å². The maximum atomic E-state index is 14.3. The minimum Gasteiger partial charge on any atom is -0.479 e. The summed E-state index contributed by atoms with van der Waals surface area (Å²) in [7, 11) is -2.95. The van der Waals surface area contributed by atoms with E-state index in [0.717, 1.165) is 5.39 Å². The van der Waals surface area contributed by atoms with Gasteiger partial charge in [0.25, 0.3) is 0 Å². The monoisotopic (exact) mass is 644 g/mol. The maximum Gasteiger partial charge on any atom is 0.459 e. The second-order valence-electron chi connectivity index (χ2n) is 11.2. The van der Waals surface area contributed by atoms with Crippen molar-refractivity contribution in [3.05, 3.63) is 48.3 Å². The lowest BCUT2D eigenvalue weighted by molar-refractivity contribution is -0.149. The van der Waals surface area contributed by atoms with Gasteiger partial charge in [0, 0.05) is 5.39 Å². The first kappa shape index (κ1) is 32.5. The Bertz CT molecular complexity index is 1760. The Morgan fingerprint density at radius 1 is 1.18 bits per heavy atom. The van der Waals surface area contributed by atoms with E-state index in [1.807, 2.05) is 18.2 Å². The molecule has 0 amide bonds. The van der Waals surface area contributed by atoms with Crippen LogP contribution in [0.25, 0.3) is 21.9 Å². The number of nitrogens with one attached hydrogen (secondary N) is 1. The predicted octanol–water partition coefficient (Wildman–Crippen LogP) is 3.02. The number of hydrogen-bond acceptors (Lipinski definition) is 13. The first-order chi connectivity index (χ1) is 21.2. The van der Waals surface area contributed by atoms with Gasteiger partial charge in [-0.25, -0.2) is 9.55 Å². The van der Waals surface area contributed by atoms with Gasteiger partial charge in [0.1, 0.15) is 35.4 Å². The van der Waals surface area contributed by atoms with Crippen LogP contribution in [0.3, 0.4) is 0 Å². The highest BCUT2D eigenvalue weighted by Gasteiger charge is 2.54. The van der Waals surface area contributed by atoms with Gasteiger partial charge in [-0.05, 0) is 46.1 Å². The smallest absolute Gasteiger partial charge is 0.459 e. The van der Waals surface area contributed by atoms with E-state index in [0.29, 0.717) is 11.2 Å². The van der Waals surface area contributed by atoms with Crippen LogP contribution in [0.15, 0.2) is 42.5 Å². The average molecular weight is 645 g/mol. The lowest BCUT2D eigenvalue weighted by Crippen LogP contribution is -2.44. The van der Waals surface area contributed by atoms with E-state index in [1.54, 1.807) is 45.0 Å². The third-order valence-corrected chi connectivity index (χ3v) is 8.95. The highest BCUT2D eigenvalue weighted by atomic mass is 31.2. The van der Waals surface area contributed by atoms with Gasteiger partial charge in [0.15, 0.2) is 17.4 Å². The third kappa shape index (κ3) is 6.45. The molecule has 6 unspecified atom stereocenters. The minimum absolute atomic E-state index is 0.0960. The molecule has 1 fully saturated rings. The molecule has 6 atom stereocenters. The molecule has 0 spiro atoms. The van der Waals surface area contributed by atoms with E-state index in [9.17, 15) is 19.6 Å². The summed E-state index contributed by atoms with van der Waals surface area (Å²) in [5, 5.41) is 26.8. The number of anilines is 1. The number of esters is 1. The fourth-order valence-electron chi connectivity index (χ4n) is 5.14. The molecule has 0 radical (unpaired) electrons. The number of imidazole rings is 1. The Morgan fingerprint density at radius 2 is 1.89 bits per heavy atom. The third-order valence-electron chi connectivity index (χ3n) is 7.32. The zero-order valence-electron chi connectivity index (χ0n) is 25.7. The quantitative estimate of drug-likeness (QED) is 0.137. The predicted molar refractivity (Wildman–Crippen MR) is 164 cm³/mol. The normalized spacial score (nSPS) is 23.7. The molecule has 4 aromatic rings. The maximum absolute atomic E-state index is 14.3. The zero-order valence-corrected chi connectivity index (χ0v) is 26.6. The van der Waals surface area contributed by atoms with Gasteiger partial charge in [-0.3, -0.25) is 13.9 Å². The van der Waals surface area contributed by atoms with Gasteiger partial charge >= 0.3 is 13.7 Å². The first-order valence-corrected chi connectivity index (χ1v) is 15.8. The SMILES string of the molecule is COc1nc(N)nc2c1nc(C)n2C1OC(COP(=O)(NC(C)C(=O)OC(C)C)Oc2cccc3ccccc23)C(O)C1(C)O. The van der Waals surface area contributed by atoms with Crippen molar-refractivity contribution in [1.82, 2.24) is 24.6 Å². The van der Waals surface area contributed by atoms with Gasteiger partial charge in [-0.2, -0.15) is 15.1 Å². The average Bonchev–Trinajstić information content (AvgIpc) is 3.42. The van der Waals surface area contributed by atoms with E-state index >= 15 is 0 Å². The number of nitrogens with two attached hydrogens (primary N) is 1. The Hall–Kier alpha value is -3.85. The topological polar surface area (TPSA) is 202 Å². The first-order valence-electron chi connectivity index (χ1n) is 14.3. The number of nitrogen functional groups attached to an aromatic ring is 1. The number of fused-ring (bicyclic) bond motifs is 2. The molecule has 1 aliphatic heterocycles. The number of aliphatic hydroxyl groups excluding tert-OH is 1. The summed E-state index contributed by atoms with van der Waals surface area (Å²) in [5.74, 6) is -0.0414. The minimum atomic E-state index is -4.36. The number of ether oxygens (including phenoxy) is 3. The second kappa shape index (κ2) is 12.5. The van der Waals surface area contributed by atoms with Crippen molar-refractivity contribution in [2.75, 3.05) is 19.5 Å². The molecule has 1 saturated heterocycles. The van der Waals surface area contributed by atoms with Crippen molar-refractivity contribution in [2.24, 2.45) is 0 Å². The number of aryl methyl sites for hydroxylation is 1. The van der Waals surface area contributed by atoms with E-state index < -0.39 is 56.5 Å². The molecule has 5 N–H and O–H groups in total. The summed E-state index contributed by atoms with van der Waals surface area (Å²) >= 11 is 0. The van der Waals surface area contributed by atoms with Crippen LogP contribution < -0.4 is 20.1 Å². The standard InChI is InChI=1S/C29H37N6O9P/c1-15(2)42-26(37)16(3)34-45(39,44-20-13-9-11-18-10-7-8-12-19(18)20)41-14-21-23(36)29(5,38)27(43-21)35-17(4)31-22-24(35)32-28(30)33-25(22)40-6/h7-13,15-16,21,23,27,36,38H,14H2,1-6H3,(H,34,39)(H2,30,32,33). The molecule has 15 nitrogen and oxygen atoms in total. The summed E-state index contributed by atoms with van der Waals surface area (Å²) in [5.41, 5.74) is 4.46. The number of rotatable bonds is 11. The van der Waals surface area contributed by atoms with E-state index in [4.69, 9.17) is 29.0 Å². The van der Waals surface area contributed by atoms with Crippen molar-refractivity contribution >= 4 is 41.6 Å². The van der Waals surface area contributed by atoms with E-state index in [1.165, 1.54) is 25.5 Å². The van der Waals surface area contributed by atoms with Crippen LogP contribution in [0.5, 0.6) is 11.6 Å². The van der Waals surface area contributed by atoms with Gasteiger partial charge < -0.3 is 34.7 Å². The number of methoxy groups -OCH3 is 1. The number of carbonyl (C=O) groups excluding carboxylic acids is 1. The fourth-order valence-corrected chi connectivity index (χ4v) is 6.66. The highest BCUT2D eigenvalue weighted by Crippen LogP contribution is 2.49. The molecular weight excluding hydrogens is 607 g/mol. The fraction of sp³-hybridized carbons (Fsp3) is 0.448. The van der Waals surface area contributed by atoms with Crippen molar-refractivity contribution in [3.63, 3.8) is 0 Å². The van der Waals surface area contributed by atoms with Crippen LogP contribution in [-0.2, 0) is 23.4 Å². The molecule has 242 valence electrons. The van der Waals surface area contributed by atoms with Crippen LogP contribution in [0, 0.1) is 6.92 Å². The largest absolute Gasteiger partial charge is 0.479 e. The lowest BCUT2D eigenvalue weighted by Gasteiger charge is -2.28. The number of hydrogen-bond donors (Lipinski definition) is 4. The van der Waals surface area contributed by atoms with Crippen molar-refractivity contribution < 1.29 is 42.8 Å². The summed E-state index contributed by atoms with van der Waals surface area (Å²) in [6, 6.07) is 11.4. The van der Waals surface area contributed by atoms with Crippen LogP contribution in [0.4, 0.5) is 5.95 Å². The van der Waals surface area contributed by atoms with Crippen LogP contribution >= 0.6 is 7.75 Å². The van der Waals surface area contributed by atoms with Gasteiger partial charge in [-0.15, -0.1) is 0 Å². The molecule has 5 rings (SSSR count). The summed E-state index contributed by atoms with van der Waals surface area (Å²) in [6.45, 7) is 7.36. The Labute approximate surface area is 259 Å². The van der Waals surface area contributed by atoms with Crippen molar-refractivity contribution in [1.29, 1.82) is 0 Å². The zero-order chi connectivity index (χ0) is 32.7. The van der Waals surface area contributed by atoms with E-state index in [2.05, 4.69) is 20.0 Å². The summed E-state index contributed by atoms with van der Waals surface area (Å²) in [6.07, 6.45) is -4.39. The molecule has 0 saturated carbocycles. The highest BCUT2D eigenvalue weighted by molar-refractivity contribution is 7.52. The van der Waals surface area contributed by atoms with Crippen molar-refractivity contribution in [2.45, 2.75) is 70.8 Å². The number of nitrogens with zero attached hydrogens (tertiary/aromatic N) is 4. The van der Waals surface area contributed by atoms with Gasteiger partial charge in [0.2, 0.25) is 11.8 Å². The molecule has 1 aliphatic rings. The number of aliphatic hydroxyl groups is 2. The lowest BCUT2D eigenvalue weighted by atomic mass is 9.96. The van der Waals surface area contributed by atoms with Crippen LogP contribution in [0.1, 0.15) is 39.7 Å². The van der Waals surface area contributed by atoms with Crippen LogP contribution in [0.2, 0.25) is 0 Å². The Kier molecular flexibility index (Phi) is 9.04. The van der Waals surface area contributed by atoms with E-state index in [-0.39, 0.29) is 28.7 Å². The molecule has 0 aliphatic carbocycles. The number of aromatic nitrogens is 4. The second-order valence-corrected chi connectivity index (χ2v) is 12.9. The molecule has 45 heavy (non-hydrogen) atoms. The number of benzene rings is 2. The molecule has 16 heteroatoms. The number of carbonyl (C=O) groups is 1. The summed E-state index contributed by atoms with van der Waals surface area (Å²) < 4.78 is 44.2. The summed E-state index contributed by atoms with van der Waals surface area (Å²) in [4.78, 5) is 25.4. The molecule has 0 bridgehead atoms. The van der Waals surface area contributed by atoms with Crippen LogP contribution in [-0.4, -0.2) is 79.4 Å². The molecule has 2 aromatic heterocycles. The van der Waals surface area contributed by atoms with Gasteiger partial charge in [-0.1, -0.05) is 36.4 Å². The Balaban J connectivity index is 1.44. The molecular formula is C29H37N6O9P. The van der Waals surface area contributed by atoms with Gasteiger partial charge in [0.05, 0.1) is 19.8 Å². The molecule has 3 heterocycles. The molecule has 2 aromatic carbocycles. The Morgan fingerprint density at radius 3 is 2.60 bits per heavy atom.